The Labute approximate surface area is 199 Å². The van der Waals surface area contributed by atoms with E-state index in [1.54, 1.807) is 31.4 Å². The Balaban J connectivity index is 1.82. The first-order valence-electron chi connectivity index (χ1n) is 9.50. The molecule has 1 heterocycles. The van der Waals surface area contributed by atoms with Gasteiger partial charge in [0.15, 0.2) is 15.8 Å². The molecular weight excluding hydrogens is 500 g/mol. The first kappa shape index (κ1) is 23.3. The van der Waals surface area contributed by atoms with Crippen LogP contribution in [0.15, 0.2) is 45.8 Å². The highest BCUT2D eigenvalue weighted by atomic mass is 79.9. The summed E-state index contributed by atoms with van der Waals surface area (Å²) < 4.78 is 12.2. The maximum absolute atomic E-state index is 12.9. The number of methoxy groups -OCH3 is 1. The molecule has 0 aliphatic carbocycles. The van der Waals surface area contributed by atoms with Crippen LogP contribution in [-0.4, -0.2) is 34.9 Å². The average Bonchev–Trinajstić information content (AvgIpc) is 3.00. The molecule has 1 saturated heterocycles. The van der Waals surface area contributed by atoms with Gasteiger partial charge in [-0.25, -0.2) is 0 Å². The number of rotatable bonds is 7. The number of carbonyl (C=O) groups is 2. The van der Waals surface area contributed by atoms with Crippen molar-refractivity contribution in [1.82, 2.24) is 10.4 Å². The number of thioether (sulfide) groups is 1. The van der Waals surface area contributed by atoms with Crippen molar-refractivity contribution in [3.63, 3.8) is 0 Å². The number of hydrogen-bond donors (Lipinski definition) is 1. The van der Waals surface area contributed by atoms with Crippen LogP contribution in [0.25, 0.3) is 6.08 Å². The van der Waals surface area contributed by atoms with Crippen LogP contribution >= 0.6 is 39.9 Å². The normalized spacial score (nSPS) is 14.8. The molecule has 0 unspecified atom stereocenters. The second kappa shape index (κ2) is 10.3. The number of carbonyl (C=O) groups excluding carboxylic acids is 2. The number of amides is 2. The Morgan fingerprint density at radius 1 is 1.32 bits per heavy atom. The molecule has 1 N–H and O–H groups in total. The fraction of sp³-hybridized carbons (Fsp3) is 0.227. The van der Waals surface area contributed by atoms with E-state index in [2.05, 4.69) is 21.4 Å². The van der Waals surface area contributed by atoms with Gasteiger partial charge in [-0.15, -0.1) is 0 Å². The number of nitrogens with zero attached hydrogens (tertiary/aromatic N) is 1. The van der Waals surface area contributed by atoms with E-state index in [4.69, 9.17) is 21.7 Å². The summed E-state index contributed by atoms with van der Waals surface area (Å²) in [5.74, 6) is 0.382. The quantitative estimate of drug-likeness (QED) is 0.404. The van der Waals surface area contributed by atoms with Gasteiger partial charge in [0.2, 0.25) is 0 Å². The van der Waals surface area contributed by atoms with Crippen LogP contribution in [0.1, 0.15) is 34.8 Å². The molecule has 2 amide bonds. The van der Waals surface area contributed by atoms with Gasteiger partial charge in [-0.3, -0.25) is 15.0 Å². The Morgan fingerprint density at radius 2 is 2.06 bits per heavy atom. The van der Waals surface area contributed by atoms with Crippen LogP contribution in [0.4, 0.5) is 0 Å². The lowest BCUT2D eigenvalue weighted by molar-refractivity contribution is -0.123. The van der Waals surface area contributed by atoms with E-state index in [0.29, 0.717) is 28.6 Å². The number of halogens is 1. The van der Waals surface area contributed by atoms with Gasteiger partial charge in [-0.1, -0.05) is 36.9 Å². The molecule has 1 fully saturated rings. The molecular formula is C22H21BrN2O4S2. The number of hydrogen-bond acceptors (Lipinski definition) is 6. The third-order valence-electron chi connectivity index (χ3n) is 4.40. The zero-order valence-electron chi connectivity index (χ0n) is 17.2. The molecule has 2 aromatic rings. The molecule has 1 aliphatic heterocycles. The third kappa shape index (κ3) is 5.28. The summed E-state index contributed by atoms with van der Waals surface area (Å²) >= 11 is 9.94. The van der Waals surface area contributed by atoms with Crippen LogP contribution in [0.5, 0.6) is 11.5 Å². The van der Waals surface area contributed by atoms with Gasteiger partial charge in [0.25, 0.3) is 11.8 Å². The Kier molecular flexibility index (Phi) is 7.74. The Hall–Kier alpha value is -2.36. The molecule has 0 radical (unpaired) electrons. The summed E-state index contributed by atoms with van der Waals surface area (Å²) in [7, 11) is 1.56. The van der Waals surface area contributed by atoms with Crippen LogP contribution in [0, 0.1) is 6.92 Å². The highest BCUT2D eigenvalue weighted by Gasteiger charge is 2.34. The fourth-order valence-corrected chi connectivity index (χ4v) is 4.63. The first-order valence-corrected chi connectivity index (χ1v) is 11.5. The molecule has 0 aromatic heterocycles. The van der Waals surface area contributed by atoms with E-state index in [1.165, 1.54) is 0 Å². The van der Waals surface area contributed by atoms with E-state index in [1.807, 2.05) is 32.0 Å². The minimum atomic E-state index is -0.391. The van der Waals surface area contributed by atoms with Gasteiger partial charge in [0.05, 0.1) is 23.1 Å². The number of thiocarbonyl (C=S) groups is 1. The van der Waals surface area contributed by atoms with Crippen LogP contribution < -0.4 is 14.9 Å². The first-order chi connectivity index (χ1) is 14.8. The Morgan fingerprint density at radius 3 is 2.74 bits per heavy atom. The van der Waals surface area contributed by atoms with Crippen molar-refractivity contribution >= 4 is 62.1 Å². The van der Waals surface area contributed by atoms with E-state index >= 15 is 0 Å². The molecule has 6 nitrogen and oxygen atoms in total. The van der Waals surface area contributed by atoms with Crippen molar-refractivity contribution in [3.8, 4) is 11.5 Å². The standard InChI is InChI=1S/C22H21BrN2O4S2/c1-4-9-29-19-16(23)10-14(11-17(19)28-3)12-18-21(27)25(22(30)31-18)24-20(26)15-8-6-5-7-13(15)2/h5-8,10-12H,4,9H2,1-3H3,(H,24,26)/b18-12-. The molecule has 0 spiro atoms. The predicted molar refractivity (Wildman–Crippen MR) is 130 cm³/mol. The lowest BCUT2D eigenvalue weighted by Crippen LogP contribution is -2.45. The van der Waals surface area contributed by atoms with Crippen molar-refractivity contribution in [1.29, 1.82) is 0 Å². The monoisotopic (exact) mass is 520 g/mol. The van der Waals surface area contributed by atoms with Crippen LogP contribution in [0.2, 0.25) is 0 Å². The average molecular weight is 521 g/mol. The predicted octanol–water partition coefficient (Wildman–Crippen LogP) is 5.10. The Bertz CT molecular complexity index is 1070. The highest BCUT2D eigenvalue weighted by Crippen LogP contribution is 2.39. The van der Waals surface area contributed by atoms with Gasteiger partial charge in [-0.05, 0) is 76.9 Å². The lowest BCUT2D eigenvalue weighted by atomic mass is 10.1. The summed E-state index contributed by atoms with van der Waals surface area (Å²) in [6.45, 7) is 4.42. The zero-order chi connectivity index (χ0) is 22.5. The fourth-order valence-electron chi connectivity index (χ4n) is 2.87. The number of aryl methyl sites for hydroxylation is 1. The summed E-state index contributed by atoms with van der Waals surface area (Å²) in [5.41, 5.74) is 4.63. The minimum absolute atomic E-state index is 0.257. The number of hydrazine groups is 1. The van der Waals surface area contributed by atoms with Gasteiger partial charge >= 0.3 is 0 Å². The molecule has 162 valence electrons. The van der Waals surface area contributed by atoms with Crippen molar-refractivity contribution in [3.05, 3.63) is 62.5 Å². The molecule has 31 heavy (non-hydrogen) atoms. The summed E-state index contributed by atoms with van der Waals surface area (Å²) in [6.07, 6.45) is 2.57. The van der Waals surface area contributed by atoms with E-state index in [0.717, 1.165) is 38.8 Å². The maximum Gasteiger partial charge on any atom is 0.285 e. The number of ether oxygens (including phenoxy) is 2. The minimum Gasteiger partial charge on any atom is -0.493 e. The molecule has 0 atom stereocenters. The molecule has 1 aliphatic rings. The second-order valence-electron chi connectivity index (χ2n) is 6.66. The highest BCUT2D eigenvalue weighted by molar-refractivity contribution is 9.10. The van der Waals surface area contributed by atoms with Gasteiger partial charge < -0.3 is 9.47 Å². The summed E-state index contributed by atoms with van der Waals surface area (Å²) in [5, 5.41) is 1.10. The summed E-state index contributed by atoms with van der Waals surface area (Å²) in [4.78, 5) is 25.9. The van der Waals surface area contributed by atoms with Gasteiger partial charge in [0, 0.05) is 5.56 Å². The molecule has 0 bridgehead atoms. The van der Waals surface area contributed by atoms with E-state index < -0.39 is 11.8 Å². The van der Waals surface area contributed by atoms with Crippen molar-refractivity contribution in [2.45, 2.75) is 20.3 Å². The zero-order valence-corrected chi connectivity index (χ0v) is 20.4. The van der Waals surface area contributed by atoms with Crippen LogP contribution in [0.3, 0.4) is 0 Å². The van der Waals surface area contributed by atoms with Crippen LogP contribution in [-0.2, 0) is 4.79 Å². The van der Waals surface area contributed by atoms with Crippen molar-refractivity contribution in [2.75, 3.05) is 13.7 Å². The smallest absolute Gasteiger partial charge is 0.285 e. The van der Waals surface area contributed by atoms with Gasteiger partial charge in [0.1, 0.15) is 0 Å². The molecule has 9 heteroatoms. The van der Waals surface area contributed by atoms with Gasteiger partial charge in [-0.2, -0.15) is 5.01 Å². The maximum atomic E-state index is 12.9. The lowest BCUT2D eigenvalue weighted by Gasteiger charge is -2.16. The molecule has 2 aromatic carbocycles. The largest absolute Gasteiger partial charge is 0.493 e. The van der Waals surface area contributed by atoms with E-state index in [9.17, 15) is 9.59 Å². The topological polar surface area (TPSA) is 67.9 Å². The second-order valence-corrected chi connectivity index (χ2v) is 9.19. The number of nitrogens with one attached hydrogen (secondary N) is 1. The van der Waals surface area contributed by atoms with Crippen molar-refractivity contribution in [2.24, 2.45) is 0 Å². The SMILES string of the molecule is CCCOc1c(Br)cc(/C=C2\SC(=S)N(NC(=O)c3ccccc3C)C2=O)cc1OC. The van der Waals surface area contributed by atoms with E-state index in [-0.39, 0.29) is 4.32 Å². The van der Waals surface area contributed by atoms with Crippen molar-refractivity contribution < 1.29 is 19.1 Å². The third-order valence-corrected chi connectivity index (χ3v) is 6.29. The summed E-state index contributed by atoms with van der Waals surface area (Å²) in [6, 6.07) is 10.8. The number of benzene rings is 2. The molecule has 0 saturated carbocycles. The molecule has 3 rings (SSSR count).